The van der Waals surface area contributed by atoms with E-state index in [1.54, 1.807) is 7.11 Å². The summed E-state index contributed by atoms with van der Waals surface area (Å²) in [7, 11) is 1.63. The van der Waals surface area contributed by atoms with Gasteiger partial charge in [-0.15, -0.1) is 0 Å². The molecule has 2 aromatic carbocycles. The van der Waals surface area contributed by atoms with Gasteiger partial charge >= 0.3 is 0 Å². The fourth-order valence-electron chi connectivity index (χ4n) is 3.27. The number of carbonyl (C=O) groups excluding carboxylic acids is 1. The number of anilines is 1. The lowest BCUT2D eigenvalue weighted by Gasteiger charge is -2.34. The lowest BCUT2D eigenvalue weighted by molar-refractivity contribution is -0.130. The summed E-state index contributed by atoms with van der Waals surface area (Å²) < 4.78 is 10.6. The normalized spacial score (nSPS) is 14.2. The van der Waals surface area contributed by atoms with Crippen molar-refractivity contribution in [3.63, 3.8) is 0 Å². The average Bonchev–Trinajstić information content (AvgIpc) is 3.25. The van der Waals surface area contributed by atoms with Crippen molar-refractivity contribution in [1.29, 1.82) is 0 Å². The summed E-state index contributed by atoms with van der Waals surface area (Å²) in [4.78, 5) is 21.0. The molecule has 0 bridgehead atoms. The van der Waals surface area contributed by atoms with E-state index in [4.69, 9.17) is 9.26 Å². The Morgan fingerprint density at radius 1 is 1.07 bits per heavy atom. The lowest BCUT2D eigenvalue weighted by atomic mass is 10.1. The zero-order chi connectivity index (χ0) is 19.3. The predicted molar refractivity (Wildman–Crippen MR) is 105 cm³/mol. The highest BCUT2D eigenvalue weighted by atomic mass is 16.5. The van der Waals surface area contributed by atoms with Gasteiger partial charge in [-0.1, -0.05) is 30.3 Å². The molecule has 1 aliphatic heterocycles. The van der Waals surface area contributed by atoms with E-state index in [1.807, 2.05) is 64.4 Å². The van der Waals surface area contributed by atoms with Crippen molar-refractivity contribution in [1.82, 2.24) is 15.0 Å². The molecule has 0 N–H and O–H groups in total. The molecule has 0 saturated carbocycles. The van der Waals surface area contributed by atoms with Gasteiger partial charge in [-0.2, -0.15) is 4.98 Å². The number of carbonyl (C=O) groups is 1. The molecule has 1 fully saturated rings. The number of amides is 1. The van der Waals surface area contributed by atoms with E-state index in [1.165, 1.54) is 0 Å². The van der Waals surface area contributed by atoms with Crippen molar-refractivity contribution >= 4 is 11.9 Å². The molecule has 4 rings (SSSR count). The van der Waals surface area contributed by atoms with Crippen LogP contribution in [0.3, 0.4) is 0 Å². The van der Waals surface area contributed by atoms with E-state index in [0.717, 1.165) is 16.9 Å². The second kappa shape index (κ2) is 8.12. The molecular weight excluding hydrogens is 356 g/mol. The minimum absolute atomic E-state index is 0.117. The minimum atomic E-state index is 0.117. The van der Waals surface area contributed by atoms with Gasteiger partial charge in [0, 0.05) is 31.7 Å². The summed E-state index contributed by atoms with van der Waals surface area (Å²) in [6, 6.07) is 17.3. The first-order valence-electron chi connectivity index (χ1n) is 9.28. The Balaban J connectivity index is 1.34. The first-order valence-corrected chi connectivity index (χ1v) is 9.28. The zero-order valence-corrected chi connectivity index (χ0v) is 15.7. The predicted octanol–water partition coefficient (Wildman–Crippen LogP) is 2.64. The minimum Gasteiger partial charge on any atom is -0.497 e. The number of methoxy groups -OCH3 is 1. The Morgan fingerprint density at radius 3 is 2.61 bits per heavy atom. The third kappa shape index (κ3) is 3.98. The summed E-state index contributed by atoms with van der Waals surface area (Å²) in [6.07, 6.45) is 0.373. The number of hydrogen-bond donors (Lipinski definition) is 0. The van der Waals surface area contributed by atoms with Crippen LogP contribution in [0.1, 0.15) is 5.56 Å². The quantitative estimate of drug-likeness (QED) is 0.680. The number of nitrogens with zero attached hydrogens (tertiary/aromatic N) is 4. The number of piperazine rings is 1. The fourth-order valence-corrected chi connectivity index (χ4v) is 3.27. The van der Waals surface area contributed by atoms with Gasteiger partial charge < -0.3 is 19.1 Å². The highest BCUT2D eigenvalue weighted by Crippen LogP contribution is 2.21. The summed E-state index contributed by atoms with van der Waals surface area (Å²) in [5, 5.41) is 4.10. The van der Waals surface area contributed by atoms with Crippen LogP contribution in [-0.4, -0.2) is 54.2 Å². The number of benzene rings is 2. The van der Waals surface area contributed by atoms with Gasteiger partial charge in [-0.25, -0.2) is 0 Å². The van der Waals surface area contributed by atoms with Crippen molar-refractivity contribution in [3.8, 4) is 17.2 Å². The molecule has 7 nitrogen and oxygen atoms in total. The van der Waals surface area contributed by atoms with Crippen LogP contribution < -0.4 is 9.64 Å². The van der Waals surface area contributed by atoms with Gasteiger partial charge in [0.25, 0.3) is 11.8 Å². The van der Waals surface area contributed by atoms with Gasteiger partial charge in [0.1, 0.15) is 5.75 Å². The van der Waals surface area contributed by atoms with Gasteiger partial charge in [-0.3, -0.25) is 4.79 Å². The molecule has 1 amide bonds. The van der Waals surface area contributed by atoms with Gasteiger partial charge in [0.15, 0.2) is 0 Å². The maximum absolute atomic E-state index is 12.6. The third-order valence-electron chi connectivity index (χ3n) is 4.84. The molecule has 0 unspecified atom stereocenters. The van der Waals surface area contributed by atoms with Crippen LogP contribution in [0.4, 0.5) is 5.95 Å². The maximum Gasteiger partial charge on any atom is 0.266 e. The molecular formula is C21H22N4O3. The summed E-state index contributed by atoms with van der Waals surface area (Å²) >= 11 is 0. The molecule has 1 aliphatic rings. The first kappa shape index (κ1) is 18.0. The Kier molecular flexibility index (Phi) is 5.23. The SMILES string of the molecule is COc1cccc(CC(=O)N2CCN(c3noc(-c4ccccc4)n3)CC2)c1. The highest BCUT2D eigenvalue weighted by Gasteiger charge is 2.24. The second-order valence-corrected chi connectivity index (χ2v) is 6.66. The van der Waals surface area contributed by atoms with Gasteiger partial charge in [-0.05, 0) is 35.0 Å². The molecule has 7 heteroatoms. The molecule has 0 spiro atoms. The van der Waals surface area contributed by atoms with E-state index in [2.05, 4.69) is 10.1 Å². The van der Waals surface area contributed by atoms with E-state index < -0.39 is 0 Å². The number of aromatic nitrogens is 2. The number of ether oxygens (including phenoxy) is 1. The topological polar surface area (TPSA) is 71.7 Å². The molecule has 28 heavy (non-hydrogen) atoms. The lowest BCUT2D eigenvalue weighted by Crippen LogP contribution is -2.49. The zero-order valence-electron chi connectivity index (χ0n) is 15.7. The summed E-state index contributed by atoms with van der Waals surface area (Å²) in [6.45, 7) is 2.63. The van der Waals surface area contributed by atoms with Crippen molar-refractivity contribution < 1.29 is 14.1 Å². The molecule has 2 heterocycles. The van der Waals surface area contributed by atoms with E-state index in [0.29, 0.717) is 44.4 Å². The van der Waals surface area contributed by atoms with Gasteiger partial charge in [0.05, 0.1) is 13.5 Å². The monoisotopic (exact) mass is 378 g/mol. The third-order valence-corrected chi connectivity index (χ3v) is 4.84. The second-order valence-electron chi connectivity index (χ2n) is 6.66. The first-order chi connectivity index (χ1) is 13.7. The number of hydrogen-bond acceptors (Lipinski definition) is 6. The molecule has 0 aliphatic carbocycles. The molecule has 1 saturated heterocycles. The fraction of sp³-hybridized carbons (Fsp3) is 0.286. The highest BCUT2D eigenvalue weighted by molar-refractivity contribution is 5.79. The van der Waals surface area contributed by atoms with Crippen LogP contribution in [0.25, 0.3) is 11.5 Å². The summed E-state index contributed by atoms with van der Waals surface area (Å²) in [5.41, 5.74) is 1.85. The van der Waals surface area contributed by atoms with Crippen LogP contribution in [-0.2, 0) is 11.2 Å². The molecule has 1 aromatic heterocycles. The van der Waals surface area contributed by atoms with E-state index >= 15 is 0 Å². The average molecular weight is 378 g/mol. The van der Waals surface area contributed by atoms with E-state index in [9.17, 15) is 4.79 Å². The smallest absolute Gasteiger partial charge is 0.266 e. The van der Waals surface area contributed by atoms with Crippen molar-refractivity contribution in [2.75, 3.05) is 38.2 Å². The molecule has 3 aromatic rings. The van der Waals surface area contributed by atoms with Crippen LogP contribution in [0.15, 0.2) is 59.1 Å². The van der Waals surface area contributed by atoms with Gasteiger partial charge in [0.2, 0.25) is 5.91 Å². The largest absolute Gasteiger partial charge is 0.497 e. The van der Waals surface area contributed by atoms with Crippen LogP contribution >= 0.6 is 0 Å². The Bertz CT molecular complexity index is 934. The van der Waals surface area contributed by atoms with Crippen molar-refractivity contribution in [3.05, 3.63) is 60.2 Å². The standard InChI is InChI=1S/C21H22N4O3/c1-27-18-9-5-6-16(14-18)15-19(26)24-10-12-25(13-11-24)21-22-20(28-23-21)17-7-3-2-4-8-17/h2-9,14H,10-13,15H2,1H3. The van der Waals surface area contributed by atoms with E-state index in [-0.39, 0.29) is 5.91 Å². The number of rotatable bonds is 5. The Labute approximate surface area is 163 Å². The Hall–Kier alpha value is -3.35. The molecule has 144 valence electrons. The van der Waals surface area contributed by atoms with Crippen LogP contribution in [0, 0.1) is 0 Å². The molecule has 0 atom stereocenters. The van der Waals surface area contributed by atoms with Crippen molar-refractivity contribution in [2.45, 2.75) is 6.42 Å². The van der Waals surface area contributed by atoms with Crippen LogP contribution in [0.5, 0.6) is 5.75 Å². The Morgan fingerprint density at radius 2 is 1.86 bits per heavy atom. The molecule has 0 radical (unpaired) electrons. The maximum atomic E-state index is 12.6. The van der Waals surface area contributed by atoms with Crippen molar-refractivity contribution in [2.24, 2.45) is 0 Å². The summed E-state index contributed by atoms with van der Waals surface area (Å²) in [5.74, 6) is 1.96. The van der Waals surface area contributed by atoms with Crippen LogP contribution in [0.2, 0.25) is 0 Å².